The van der Waals surface area contributed by atoms with E-state index in [2.05, 4.69) is 29.8 Å². The maximum absolute atomic E-state index is 13.6. The molecule has 3 heteroatoms. The number of nitrogens with one attached hydrogen (secondary N) is 1. The molecule has 0 bridgehead atoms. The second-order valence-electron chi connectivity index (χ2n) is 4.43. The van der Waals surface area contributed by atoms with Crippen LogP contribution in [0, 0.1) is 12.7 Å². The average molecular weight is 246 g/mol. The summed E-state index contributed by atoms with van der Waals surface area (Å²) in [6, 6.07) is 9.03. The third kappa shape index (κ3) is 2.79. The molecule has 1 heterocycles. The summed E-state index contributed by atoms with van der Waals surface area (Å²) in [4.78, 5) is 0. The molecule has 0 aliphatic rings. The lowest BCUT2D eigenvalue weighted by atomic mass is 10.2. The van der Waals surface area contributed by atoms with Gasteiger partial charge in [0.05, 0.1) is 6.54 Å². The molecule has 96 valence electrons. The number of aromatic nitrogens is 1. The van der Waals surface area contributed by atoms with Crippen molar-refractivity contribution < 1.29 is 4.39 Å². The molecule has 2 nitrogen and oxygen atoms in total. The molecule has 1 aromatic heterocycles. The van der Waals surface area contributed by atoms with Crippen molar-refractivity contribution in [3.63, 3.8) is 0 Å². The van der Waals surface area contributed by atoms with Gasteiger partial charge in [-0.05, 0) is 31.2 Å². The van der Waals surface area contributed by atoms with Gasteiger partial charge < -0.3 is 9.88 Å². The van der Waals surface area contributed by atoms with Crippen molar-refractivity contribution >= 4 is 0 Å². The van der Waals surface area contributed by atoms with Crippen LogP contribution in [0.25, 0.3) is 0 Å². The van der Waals surface area contributed by atoms with Crippen LogP contribution < -0.4 is 5.32 Å². The van der Waals surface area contributed by atoms with Gasteiger partial charge in [0.15, 0.2) is 0 Å². The third-order valence-electron chi connectivity index (χ3n) is 3.22. The molecule has 0 saturated heterocycles. The smallest absolute Gasteiger partial charge is 0.128 e. The van der Waals surface area contributed by atoms with Crippen LogP contribution in [0.1, 0.15) is 23.7 Å². The van der Waals surface area contributed by atoms with E-state index in [0.717, 1.165) is 18.7 Å². The van der Waals surface area contributed by atoms with Crippen molar-refractivity contribution in [1.29, 1.82) is 0 Å². The molecule has 2 rings (SSSR count). The first kappa shape index (κ1) is 12.8. The Balaban J connectivity index is 2.15. The van der Waals surface area contributed by atoms with Gasteiger partial charge in [0.2, 0.25) is 0 Å². The van der Waals surface area contributed by atoms with Crippen LogP contribution in [0.3, 0.4) is 0 Å². The second kappa shape index (κ2) is 5.83. The van der Waals surface area contributed by atoms with Gasteiger partial charge in [-0.2, -0.15) is 0 Å². The standard InChI is InChI=1S/C15H19FN2/c1-3-17-10-13-8-9-18(12(13)2)11-14-6-4-5-7-15(14)16/h4-9,17H,3,10-11H2,1-2H3. The maximum atomic E-state index is 13.6. The Labute approximate surface area is 107 Å². The summed E-state index contributed by atoms with van der Waals surface area (Å²) in [6.45, 7) is 6.58. The van der Waals surface area contributed by atoms with Crippen molar-refractivity contribution in [2.75, 3.05) is 6.54 Å². The highest BCUT2D eigenvalue weighted by atomic mass is 19.1. The lowest BCUT2D eigenvalue weighted by Crippen LogP contribution is -2.12. The highest BCUT2D eigenvalue weighted by Crippen LogP contribution is 2.14. The average Bonchev–Trinajstić information content (AvgIpc) is 2.71. The van der Waals surface area contributed by atoms with Gasteiger partial charge in [-0.15, -0.1) is 0 Å². The highest BCUT2D eigenvalue weighted by Gasteiger charge is 2.06. The Kier molecular flexibility index (Phi) is 4.15. The zero-order chi connectivity index (χ0) is 13.0. The predicted molar refractivity (Wildman–Crippen MR) is 72.1 cm³/mol. The van der Waals surface area contributed by atoms with Crippen LogP contribution >= 0.6 is 0 Å². The molecule has 0 unspecified atom stereocenters. The van der Waals surface area contributed by atoms with Crippen molar-refractivity contribution in [3.8, 4) is 0 Å². The molecule has 0 atom stereocenters. The molecule has 0 spiro atoms. The molecule has 18 heavy (non-hydrogen) atoms. The molecule has 0 radical (unpaired) electrons. The van der Waals surface area contributed by atoms with E-state index in [0.29, 0.717) is 6.54 Å². The van der Waals surface area contributed by atoms with E-state index in [1.807, 2.05) is 18.3 Å². The van der Waals surface area contributed by atoms with Crippen molar-refractivity contribution in [2.45, 2.75) is 26.9 Å². The van der Waals surface area contributed by atoms with Crippen molar-refractivity contribution in [2.24, 2.45) is 0 Å². The number of halogens is 1. The molecule has 1 N–H and O–H groups in total. The first-order valence-electron chi connectivity index (χ1n) is 6.31. The van der Waals surface area contributed by atoms with Gasteiger partial charge >= 0.3 is 0 Å². The Bertz CT molecular complexity index is 517. The van der Waals surface area contributed by atoms with Crippen molar-refractivity contribution in [3.05, 3.63) is 59.2 Å². The van der Waals surface area contributed by atoms with Gasteiger partial charge in [0.25, 0.3) is 0 Å². The summed E-state index contributed by atoms with van der Waals surface area (Å²) in [6.07, 6.45) is 2.02. The van der Waals surface area contributed by atoms with E-state index in [9.17, 15) is 4.39 Å². The molecule has 0 fully saturated rings. The van der Waals surface area contributed by atoms with Crippen LogP contribution in [0.15, 0.2) is 36.5 Å². The number of benzene rings is 1. The normalized spacial score (nSPS) is 10.8. The fourth-order valence-corrected chi connectivity index (χ4v) is 2.02. The molecule has 2 aromatic rings. The van der Waals surface area contributed by atoms with Gasteiger partial charge in [-0.25, -0.2) is 4.39 Å². The minimum atomic E-state index is -0.140. The zero-order valence-corrected chi connectivity index (χ0v) is 10.9. The highest BCUT2D eigenvalue weighted by molar-refractivity contribution is 5.24. The number of hydrogen-bond donors (Lipinski definition) is 1. The Morgan fingerprint density at radius 3 is 2.67 bits per heavy atom. The van der Waals surface area contributed by atoms with E-state index in [1.54, 1.807) is 6.07 Å². The largest absolute Gasteiger partial charge is 0.347 e. The van der Waals surface area contributed by atoms with Crippen LogP contribution in [-0.4, -0.2) is 11.1 Å². The minimum absolute atomic E-state index is 0.140. The lowest BCUT2D eigenvalue weighted by molar-refractivity contribution is 0.597. The van der Waals surface area contributed by atoms with Crippen LogP contribution in [0.4, 0.5) is 4.39 Å². The Morgan fingerprint density at radius 2 is 1.94 bits per heavy atom. The zero-order valence-electron chi connectivity index (χ0n) is 10.9. The molecule has 1 aromatic carbocycles. The molecular formula is C15H19FN2. The summed E-state index contributed by atoms with van der Waals surface area (Å²) >= 11 is 0. The molecular weight excluding hydrogens is 227 g/mol. The predicted octanol–water partition coefficient (Wildman–Crippen LogP) is 3.09. The van der Waals surface area contributed by atoms with E-state index in [4.69, 9.17) is 0 Å². The quantitative estimate of drug-likeness (QED) is 0.858. The number of nitrogens with zero attached hydrogens (tertiary/aromatic N) is 1. The van der Waals surface area contributed by atoms with E-state index in [-0.39, 0.29) is 5.82 Å². The summed E-state index contributed by atoms with van der Waals surface area (Å²) in [5.41, 5.74) is 3.19. The monoisotopic (exact) mass is 246 g/mol. The van der Waals surface area contributed by atoms with E-state index < -0.39 is 0 Å². The SMILES string of the molecule is CCNCc1ccn(Cc2ccccc2F)c1C. The molecule has 0 aliphatic heterocycles. The summed E-state index contributed by atoms with van der Waals surface area (Å²) < 4.78 is 15.7. The second-order valence-corrected chi connectivity index (χ2v) is 4.43. The van der Waals surface area contributed by atoms with Gasteiger partial charge in [-0.1, -0.05) is 25.1 Å². The lowest BCUT2D eigenvalue weighted by Gasteiger charge is -2.09. The fraction of sp³-hybridized carbons (Fsp3) is 0.333. The van der Waals surface area contributed by atoms with Gasteiger partial charge in [0, 0.05) is 24.0 Å². The fourth-order valence-electron chi connectivity index (χ4n) is 2.02. The Morgan fingerprint density at radius 1 is 1.17 bits per heavy atom. The number of rotatable bonds is 5. The minimum Gasteiger partial charge on any atom is -0.347 e. The number of hydrogen-bond acceptors (Lipinski definition) is 1. The van der Waals surface area contributed by atoms with Crippen LogP contribution in [0.5, 0.6) is 0 Å². The maximum Gasteiger partial charge on any atom is 0.128 e. The van der Waals surface area contributed by atoms with Crippen LogP contribution in [0.2, 0.25) is 0 Å². The molecule has 0 amide bonds. The van der Waals surface area contributed by atoms with Gasteiger partial charge in [-0.3, -0.25) is 0 Å². The summed E-state index contributed by atoms with van der Waals surface area (Å²) in [5, 5.41) is 3.31. The summed E-state index contributed by atoms with van der Waals surface area (Å²) in [5.74, 6) is -0.140. The third-order valence-corrected chi connectivity index (χ3v) is 3.22. The van der Waals surface area contributed by atoms with E-state index >= 15 is 0 Å². The first-order valence-corrected chi connectivity index (χ1v) is 6.31. The van der Waals surface area contributed by atoms with Crippen LogP contribution in [-0.2, 0) is 13.1 Å². The topological polar surface area (TPSA) is 17.0 Å². The van der Waals surface area contributed by atoms with Gasteiger partial charge in [0.1, 0.15) is 5.82 Å². The Hall–Kier alpha value is -1.61. The first-order chi connectivity index (χ1) is 8.72. The van der Waals surface area contributed by atoms with E-state index in [1.165, 1.54) is 17.3 Å². The summed E-state index contributed by atoms with van der Waals surface area (Å²) in [7, 11) is 0. The molecule has 0 saturated carbocycles. The van der Waals surface area contributed by atoms with Crippen molar-refractivity contribution in [1.82, 2.24) is 9.88 Å². The molecule has 0 aliphatic carbocycles.